The van der Waals surface area contributed by atoms with Crippen LogP contribution in [0.5, 0.6) is 11.5 Å². The van der Waals surface area contributed by atoms with Crippen molar-refractivity contribution in [1.82, 2.24) is 4.90 Å². The van der Waals surface area contributed by atoms with E-state index in [1.54, 1.807) is 24.1 Å². The second kappa shape index (κ2) is 8.89. The van der Waals surface area contributed by atoms with Crippen molar-refractivity contribution in [2.75, 3.05) is 27.9 Å². The van der Waals surface area contributed by atoms with Crippen LogP contribution in [-0.2, 0) is 20.7 Å². The van der Waals surface area contributed by atoms with Crippen LogP contribution in [0.3, 0.4) is 0 Å². The number of rotatable bonds is 8. The Balaban J connectivity index is 1.88. The molecule has 3 rings (SSSR count). The number of amides is 1. The van der Waals surface area contributed by atoms with Gasteiger partial charge in [0.15, 0.2) is 11.5 Å². The summed E-state index contributed by atoms with van der Waals surface area (Å²) in [7, 11) is 4.37. The van der Waals surface area contributed by atoms with E-state index in [1.807, 2.05) is 13.0 Å². The van der Waals surface area contributed by atoms with Crippen molar-refractivity contribution in [3.05, 3.63) is 33.9 Å². The molecule has 0 radical (unpaired) electrons. The van der Waals surface area contributed by atoms with E-state index in [0.29, 0.717) is 17.9 Å². The van der Waals surface area contributed by atoms with Crippen LogP contribution in [0.25, 0.3) is 0 Å². The van der Waals surface area contributed by atoms with Crippen molar-refractivity contribution < 1.29 is 28.7 Å². The largest absolute Gasteiger partial charge is 0.493 e. The summed E-state index contributed by atoms with van der Waals surface area (Å²) in [5.41, 5.74) is 0.798. The second-order valence-corrected chi connectivity index (χ2v) is 8.06. The molecule has 1 amide bonds. The zero-order valence-corrected chi connectivity index (χ0v) is 17.7. The first-order valence-electron chi connectivity index (χ1n) is 10.0. The maximum atomic E-state index is 12.9. The zero-order valence-electron chi connectivity index (χ0n) is 17.7. The van der Waals surface area contributed by atoms with Gasteiger partial charge in [-0.2, -0.15) is 0 Å². The Hall–Kier alpha value is -2.84. The normalized spacial score (nSPS) is 26.3. The Kier molecular flexibility index (Phi) is 6.48. The minimum atomic E-state index is -0.794. The molecule has 2 aliphatic rings. The van der Waals surface area contributed by atoms with Crippen molar-refractivity contribution in [2.45, 2.75) is 38.3 Å². The lowest BCUT2D eigenvalue weighted by molar-refractivity contribution is -0.490. The lowest BCUT2D eigenvalue weighted by Crippen LogP contribution is -2.48. The third-order valence-electron chi connectivity index (χ3n) is 6.49. The summed E-state index contributed by atoms with van der Waals surface area (Å²) >= 11 is 0. The van der Waals surface area contributed by atoms with Gasteiger partial charge >= 0.3 is 5.97 Å². The topological polar surface area (TPSA) is 108 Å². The molecule has 2 fully saturated rings. The van der Waals surface area contributed by atoms with E-state index in [1.165, 1.54) is 14.2 Å². The summed E-state index contributed by atoms with van der Waals surface area (Å²) < 4.78 is 15.6. The fourth-order valence-electron chi connectivity index (χ4n) is 5.09. The molecule has 1 aliphatic heterocycles. The third-order valence-corrected chi connectivity index (χ3v) is 6.49. The molecule has 9 nitrogen and oxygen atoms in total. The lowest BCUT2D eigenvalue weighted by atomic mass is 9.89. The minimum Gasteiger partial charge on any atom is -0.493 e. The Labute approximate surface area is 175 Å². The molecule has 164 valence electrons. The van der Waals surface area contributed by atoms with Gasteiger partial charge in [0.1, 0.15) is 6.04 Å². The molecular weight excluding hydrogens is 392 g/mol. The summed E-state index contributed by atoms with van der Waals surface area (Å²) in [4.78, 5) is 38.0. The average Bonchev–Trinajstić information content (AvgIpc) is 3.19. The van der Waals surface area contributed by atoms with E-state index >= 15 is 0 Å². The highest BCUT2D eigenvalue weighted by Crippen LogP contribution is 2.47. The first-order chi connectivity index (χ1) is 14.3. The standard InChI is InChI=1S/C21H28N2O7/c1-12-7-16-14(15(12)11-22(26)27)10-20(24)23(16)17(21(25)30-4)8-13-5-6-18(28-2)19(9-13)29-3/h5-6,9,12,14-17H,7-8,10-11H2,1-4H3/t12-,14?,15+,16?,17-/m0/s1. The number of fused-ring (bicyclic) bond motifs is 1. The molecule has 1 aromatic rings. The molecule has 0 aromatic heterocycles. The van der Waals surface area contributed by atoms with Crippen molar-refractivity contribution in [3.8, 4) is 11.5 Å². The first-order valence-corrected chi connectivity index (χ1v) is 10.0. The van der Waals surface area contributed by atoms with Crippen molar-refractivity contribution in [3.63, 3.8) is 0 Å². The fourth-order valence-corrected chi connectivity index (χ4v) is 5.09. The number of ether oxygens (including phenoxy) is 3. The summed E-state index contributed by atoms with van der Waals surface area (Å²) in [6.07, 6.45) is 1.14. The number of esters is 1. The van der Waals surface area contributed by atoms with Crippen molar-refractivity contribution >= 4 is 11.9 Å². The van der Waals surface area contributed by atoms with Gasteiger partial charge in [0.2, 0.25) is 12.5 Å². The number of nitro groups is 1. The number of hydrogen-bond acceptors (Lipinski definition) is 7. The first kappa shape index (κ1) is 21.9. The summed E-state index contributed by atoms with van der Waals surface area (Å²) in [6, 6.07) is 4.36. The van der Waals surface area contributed by atoms with E-state index in [9.17, 15) is 19.7 Å². The second-order valence-electron chi connectivity index (χ2n) is 8.06. The predicted octanol–water partition coefficient (Wildman–Crippen LogP) is 1.94. The lowest BCUT2D eigenvalue weighted by Gasteiger charge is -2.31. The molecule has 1 saturated heterocycles. The smallest absolute Gasteiger partial charge is 0.328 e. The molecule has 1 saturated carbocycles. The highest BCUT2D eigenvalue weighted by Gasteiger charge is 2.55. The highest BCUT2D eigenvalue weighted by atomic mass is 16.6. The Morgan fingerprint density at radius 1 is 1.27 bits per heavy atom. The number of methoxy groups -OCH3 is 3. The number of carbonyl (C=O) groups is 2. The van der Waals surface area contributed by atoms with E-state index < -0.39 is 12.0 Å². The molecule has 0 spiro atoms. The highest BCUT2D eigenvalue weighted by molar-refractivity contribution is 5.87. The van der Waals surface area contributed by atoms with Gasteiger partial charge in [0.05, 0.1) is 21.3 Å². The fraction of sp³-hybridized carbons (Fsp3) is 0.619. The average molecular weight is 420 g/mol. The number of hydrogen-bond donors (Lipinski definition) is 0. The van der Waals surface area contributed by atoms with Crippen LogP contribution in [0.15, 0.2) is 18.2 Å². The van der Waals surface area contributed by atoms with Crippen LogP contribution < -0.4 is 9.47 Å². The van der Waals surface area contributed by atoms with Crippen molar-refractivity contribution in [2.24, 2.45) is 17.8 Å². The Morgan fingerprint density at radius 3 is 2.57 bits per heavy atom. The maximum absolute atomic E-state index is 12.9. The molecule has 1 aliphatic carbocycles. The summed E-state index contributed by atoms with van der Waals surface area (Å²) in [6.45, 7) is 1.83. The summed E-state index contributed by atoms with van der Waals surface area (Å²) in [5, 5.41) is 11.1. The van der Waals surface area contributed by atoms with Gasteiger partial charge in [-0.25, -0.2) is 4.79 Å². The van der Waals surface area contributed by atoms with Gasteiger partial charge < -0.3 is 19.1 Å². The van der Waals surface area contributed by atoms with Gasteiger partial charge in [-0.1, -0.05) is 13.0 Å². The number of benzene rings is 1. The molecule has 1 aromatic carbocycles. The van der Waals surface area contributed by atoms with Crippen LogP contribution in [0.2, 0.25) is 0 Å². The zero-order chi connectivity index (χ0) is 22.0. The van der Waals surface area contributed by atoms with E-state index in [4.69, 9.17) is 14.2 Å². The third kappa shape index (κ3) is 4.06. The molecule has 0 bridgehead atoms. The maximum Gasteiger partial charge on any atom is 0.328 e. The molecule has 1 heterocycles. The summed E-state index contributed by atoms with van der Waals surface area (Å²) in [5.74, 6) is 0.282. The molecule has 0 N–H and O–H groups in total. The molecule has 9 heteroatoms. The Morgan fingerprint density at radius 2 is 1.97 bits per heavy atom. The molecule has 2 unspecified atom stereocenters. The monoisotopic (exact) mass is 420 g/mol. The van der Waals surface area contributed by atoms with Crippen LogP contribution in [-0.4, -0.2) is 61.7 Å². The predicted molar refractivity (Wildman–Crippen MR) is 107 cm³/mol. The van der Waals surface area contributed by atoms with Gasteiger partial charge in [0, 0.05) is 29.7 Å². The number of nitrogens with zero attached hydrogens (tertiary/aromatic N) is 2. The van der Waals surface area contributed by atoms with Gasteiger partial charge in [-0.3, -0.25) is 14.9 Å². The van der Waals surface area contributed by atoms with E-state index in [-0.39, 0.29) is 54.0 Å². The van der Waals surface area contributed by atoms with Gasteiger partial charge in [-0.15, -0.1) is 0 Å². The quantitative estimate of drug-likeness (QED) is 0.359. The molecule has 30 heavy (non-hydrogen) atoms. The van der Waals surface area contributed by atoms with Gasteiger partial charge in [-0.05, 0) is 36.0 Å². The minimum absolute atomic E-state index is 0.111. The van der Waals surface area contributed by atoms with Crippen LogP contribution >= 0.6 is 0 Å². The number of likely N-dealkylation sites (tertiary alicyclic amines) is 1. The van der Waals surface area contributed by atoms with Crippen LogP contribution in [0.1, 0.15) is 25.3 Å². The van der Waals surface area contributed by atoms with Crippen LogP contribution in [0, 0.1) is 27.9 Å². The van der Waals surface area contributed by atoms with Crippen LogP contribution in [0.4, 0.5) is 0 Å². The molecule has 5 atom stereocenters. The van der Waals surface area contributed by atoms with E-state index in [0.717, 1.165) is 5.56 Å². The SMILES string of the molecule is COC(=O)[C@H](Cc1ccc(OC)c(OC)c1)N1C(=O)CC2C1C[C@H](C)[C@H]2C[N+](=O)[O-]. The van der Waals surface area contributed by atoms with Gasteiger partial charge in [0.25, 0.3) is 0 Å². The molecular formula is C21H28N2O7. The number of carbonyl (C=O) groups excluding carboxylic acids is 2. The van der Waals surface area contributed by atoms with E-state index in [2.05, 4.69) is 0 Å². The van der Waals surface area contributed by atoms with Crippen molar-refractivity contribution in [1.29, 1.82) is 0 Å². The Bertz CT molecular complexity index is 828.